The lowest BCUT2D eigenvalue weighted by Crippen LogP contribution is -2.31. The van der Waals surface area contributed by atoms with E-state index in [1.165, 1.54) is 17.6 Å². The highest BCUT2D eigenvalue weighted by Crippen LogP contribution is 2.31. The Bertz CT molecular complexity index is 1630. The number of hydrazone groups is 1. The molecule has 206 valence electrons. The van der Waals surface area contributed by atoms with Crippen LogP contribution in [0.5, 0.6) is 11.5 Å². The Hall–Kier alpha value is -4.34. The van der Waals surface area contributed by atoms with E-state index in [-0.39, 0.29) is 11.4 Å². The van der Waals surface area contributed by atoms with Gasteiger partial charge in [0.25, 0.3) is 15.9 Å². The minimum absolute atomic E-state index is 0.0394. The van der Waals surface area contributed by atoms with E-state index in [4.69, 9.17) is 21.1 Å². The third-order valence-electron chi connectivity index (χ3n) is 6.10. The Balaban J connectivity index is 1.52. The number of carbonyl (C=O) groups is 1. The summed E-state index contributed by atoms with van der Waals surface area (Å²) in [5.41, 5.74) is 5.49. The highest BCUT2D eigenvalue weighted by Gasteiger charge is 2.26. The van der Waals surface area contributed by atoms with Crippen LogP contribution in [-0.2, 0) is 16.6 Å². The van der Waals surface area contributed by atoms with E-state index in [0.29, 0.717) is 38.9 Å². The van der Waals surface area contributed by atoms with Crippen molar-refractivity contribution in [2.45, 2.75) is 18.4 Å². The van der Waals surface area contributed by atoms with Crippen LogP contribution in [-0.4, -0.2) is 34.8 Å². The molecule has 4 aromatic rings. The van der Waals surface area contributed by atoms with Gasteiger partial charge in [-0.15, -0.1) is 0 Å². The van der Waals surface area contributed by atoms with Gasteiger partial charge in [-0.1, -0.05) is 48.0 Å². The first kappa shape index (κ1) is 28.7. The van der Waals surface area contributed by atoms with Gasteiger partial charge in [-0.3, -0.25) is 9.10 Å². The summed E-state index contributed by atoms with van der Waals surface area (Å²) in [5.74, 6) is 0.719. The largest absolute Gasteiger partial charge is 0.493 e. The number of rotatable bonds is 10. The Morgan fingerprint density at radius 2 is 1.62 bits per heavy atom. The molecule has 0 unspecified atom stereocenters. The van der Waals surface area contributed by atoms with Crippen molar-refractivity contribution < 1.29 is 22.7 Å². The van der Waals surface area contributed by atoms with Crippen molar-refractivity contribution in [1.82, 2.24) is 5.43 Å². The highest BCUT2D eigenvalue weighted by atomic mass is 35.5. The lowest BCUT2D eigenvalue weighted by Gasteiger charge is -2.26. The molecule has 0 heterocycles. The molecule has 0 radical (unpaired) electrons. The number of nitrogens with zero attached hydrogens (tertiary/aromatic N) is 2. The zero-order valence-electron chi connectivity index (χ0n) is 22.2. The van der Waals surface area contributed by atoms with Crippen molar-refractivity contribution in [1.29, 1.82) is 0 Å². The Morgan fingerprint density at radius 1 is 0.925 bits per heavy atom. The van der Waals surface area contributed by atoms with E-state index < -0.39 is 15.9 Å². The van der Waals surface area contributed by atoms with Crippen molar-refractivity contribution in [3.05, 3.63) is 118 Å². The summed E-state index contributed by atoms with van der Waals surface area (Å²) < 4.78 is 39.2. The molecule has 4 aromatic carbocycles. The number of hydrogen-bond donors (Lipinski definition) is 1. The third kappa shape index (κ3) is 6.62. The van der Waals surface area contributed by atoms with E-state index in [2.05, 4.69) is 10.5 Å². The minimum Gasteiger partial charge on any atom is -0.493 e. The molecule has 0 aliphatic rings. The summed E-state index contributed by atoms with van der Waals surface area (Å²) >= 11 is 6.24. The van der Waals surface area contributed by atoms with E-state index >= 15 is 0 Å². The summed E-state index contributed by atoms with van der Waals surface area (Å²) in [6.45, 7) is 1.87. The van der Waals surface area contributed by atoms with Gasteiger partial charge in [-0.05, 0) is 78.2 Å². The topological polar surface area (TPSA) is 97.3 Å². The molecule has 1 amide bonds. The summed E-state index contributed by atoms with van der Waals surface area (Å²) in [5, 5.41) is 4.45. The summed E-state index contributed by atoms with van der Waals surface area (Å²) in [6, 6.07) is 25.3. The van der Waals surface area contributed by atoms with Crippen LogP contribution < -0.4 is 19.2 Å². The van der Waals surface area contributed by atoms with Gasteiger partial charge in [-0.2, -0.15) is 5.10 Å². The number of methoxy groups -OCH3 is 2. The number of halogens is 1. The fourth-order valence-electron chi connectivity index (χ4n) is 3.96. The fourth-order valence-corrected chi connectivity index (χ4v) is 5.66. The van der Waals surface area contributed by atoms with Gasteiger partial charge in [0.1, 0.15) is 0 Å². The van der Waals surface area contributed by atoms with Gasteiger partial charge in [0.15, 0.2) is 11.5 Å². The number of carbonyl (C=O) groups excluding carboxylic acids is 1. The number of sulfonamides is 1. The van der Waals surface area contributed by atoms with Crippen LogP contribution in [0.4, 0.5) is 5.69 Å². The molecule has 0 bridgehead atoms. The molecule has 0 atom stereocenters. The zero-order valence-corrected chi connectivity index (χ0v) is 23.7. The van der Waals surface area contributed by atoms with Crippen LogP contribution in [0, 0.1) is 6.92 Å². The summed E-state index contributed by atoms with van der Waals surface area (Å²) in [7, 11) is -0.817. The molecule has 10 heteroatoms. The molecule has 40 heavy (non-hydrogen) atoms. The smallest absolute Gasteiger partial charge is 0.271 e. The molecule has 0 spiro atoms. The summed E-state index contributed by atoms with van der Waals surface area (Å²) in [6.07, 6.45) is 1.49. The summed E-state index contributed by atoms with van der Waals surface area (Å²) in [4.78, 5) is 12.8. The SMILES string of the molecule is COc1ccc(/C=N\NC(=O)c2ccc(CN(c3cc(Cl)ccc3C)S(=O)(=O)c3ccccc3)cc2)cc1OC. The van der Waals surface area contributed by atoms with Gasteiger partial charge in [0.05, 0.1) is 37.6 Å². The van der Waals surface area contributed by atoms with Gasteiger partial charge >= 0.3 is 0 Å². The lowest BCUT2D eigenvalue weighted by molar-refractivity contribution is 0.0955. The molecule has 0 fully saturated rings. The van der Waals surface area contributed by atoms with Crippen LogP contribution in [0.25, 0.3) is 0 Å². The molecule has 0 aliphatic carbocycles. The molecular weight excluding hydrogens is 550 g/mol. The number of amides is 1. The average Bonchev–Trinajstić information content (AvgIpc) is 2.97. The average molecular weight is 578 g/mol. The molecule has 0 aliphatic heterocycles. The second-order valence-corrected chi connectivity index (χ2v) is 11.1. The zero-order chi connectivity index (χ0) is 28.7. The maximum Gasteiger partial charge on any atom is 0.271 e. The van der Waals surface area contributed by atoms with Crippen LogP contribution >= 0.6 is 11.6 Å². The predicted octanol–water partition coefficient (Wildman–Crippen LogP) is 5.83. The Labute approximate surface area is 238 Å². The molecule has 1 N–H and O–H groups in total. The van der Waals surface area contributed by atoms with E-state index in [9.17, 15) is 13.2 Å². The van der Waals surface area contributed by atoms with Crippen LogP contribution in [0.2, 0.25) is 5.02 Å². The number of hydrogen-bond acceptors (Lipinski definition) is 6. The fraction of sp³-hybridized carbons (Fsp3) is 0.133. The van der Waals surface area contributed by atoms with E-state index in [1.54, 1.807) is 98.1 Å². The first-order valence-electron chi connectivity index (χ1n) is 12.2. The van der Waals surface area contributed by atoms with Gasteiger partial charge in [-0.25, -0.2) is 13.8 Å². The predicted molar refractivity (Wildman–Crippen MR) is 157 cm³/mol. The molecule has 0 saturated heterocycles. The normalized spacial score (nSPS) is 11.3. The second kappa shape index (κ2) is 12.7. The van der Waals surface area contributed by atoms with Crippen molar-refractivity contribution >= 4 is 39.4 Å². The third-order valence-corrected chi connectivity index (χ3v) is 8.11. The number of ether oxygens (including phenoxy) is 2. The first-order chi connectivity index (χ1) is 19.2. The van der Waals surface area contributed by atoms with Gasteiger partial charge < -0.3 is 9.47 Å². The number of benzene rings is 4. The minimum atomic E-state index is -3.91. The van der Waals surface area contributed by atoms with Crippen LogP contribution in [0.3, 0.4) is 0 Å². The number of anilines is 1. The van der Waals surface area contributed by atoms with E-state index in [0.717, 1.165) is 5.56 Å². The number of aryl methyl sites for hydroxylation is 1. The molecular formula is C30H28ClN3O5S. The van der Waals surface area contributed by atoms with Crippen molar-refractivity contribution in [3.8, 4) is 11.5 Å². The quantitative estimate of drug-likeness (QED) is 0.189. The van der Waals surface area contributed by atoms with E-state index in [1.807, 2.05) is 6.92 Å². The molecule has 0 saturated carbocycles. The number of nitrogens with one attached hydrogen (secondary N) is 1. The second-order valence-electron chi connectivity index (χ2n) is 8.77. The van der Waals surface area contributed by atoms with Gasteiger partial charge in [0, 0.05) is 10.6 Å². The Kier molecular flexibility index (Phi) is 9.08. The van der Waals surface area contributed by atoms with Crippen molar-refractivity contribution in [2.75, 3.05) is 18.5 Å². The lowest BCUT2D eigenvalue weighted by atomic mass is 10.1. The first-order valence-corrected chi connectivity index (χ1v) is 14.0. The Morgan fingerprint density at radius 3 is 2.30 bits per heavy atom. The van der Waals surface area contributed by atoms with Crippen molar-refractivity contribution in [3.63, 3.8) is 0 Å². The standard InChI is InChI=1S/C30H28ClN3O5S/c1-21-9-15-25(31)18-27(21)34(40(36,37)26-7-5-4-6-8-26)20-22-10-13-24(14-11-22)30(35)33-32-19-23-12-16-28(38-2)29(17-23)39-3/h4-19H,20H2,1-3H3,(H,33,35)/b32-19-. The molecule has 8 nitrogen and oxygen atoms in total. The van der Waals surface area contributed by atoms with Crippen molar-refractivity contribution in [2.24, 2.45) is 5.10 Å². The highest BCUT2D eigenvalue weighted by molar-refractivity contribution is 7.92. The maximum atomic E-state index is 13.7. The van der Waals surface area contributed by atoms with Crippen LogP contribution in [0.1, 0.15) is 27.0 Å². The molecule has 0 aromatic heterocycles. The monoisotopic (exact) mass is 577 g/mol. The molecule has 4 rings (SSSR count). The van der Waals surface area contributed by atoms with Gasteiger partial charge in [0.2, 0.25) is 0 Å². The maximum absolute atomic E-state index is 13.7. The van der Waals surface area contributed by atoms with Crippen LogP contribution in [0.15, 0.2) is 101 Å².